The maximum atomic E-state index is 13.2. The van der Waals surface area contributed by atoms with Gasteiger partial charge in [0, 0.05) is 5.69 Å². The van der Waals surface area contributed by atoms with Crippen molar-refractivity contribution in [2.75, 3.05) is 5.32 Å². The second-order valence-corrected chi connectivity index (χ2v) is 7.62. The normalized spacial score (nSPS) is 12.0. The van der Waals surface area contributed by atoms with E-state index < -0.39 is 38.6 Å². The number of sulfonamides is 1. The highest BCUT2D eigenvalue weighted by Gasteiger charge is 2.36. The first-order valence-electron chi connectivity index (χ1n) is 8.14. The Morgan fingerprint density at radius 3 is 2.50 bits per heavy atom. The summed E-state index contributed by atoms with van der Waals surface area (Å²) in [5, 5.41) is 10.8. The van der Waals surface area contributed by atoms with Crippen LogP contribution in [-0.4, -0.2) is 29.1 Å². The average Bonchev–Trinajstić information content (AvgIpc) is 3.11. The van der Waals surface area contributed by atoms with Gasteiger partial charge in [0.15, 0.2) is 0 Å². The van der Waals surface area contributed by atoms with E-state index in [0.717, 1.165) is 12.1 Å². The van der Waals surface area contributed by atoms with Crippen molar-refractivity contribution in [1.29, 1.82) is 0 Å². The van der Waals surface area contributed by atoms with Crippen molar-refractivity contribution in [2.24, 2.45) is 5.14 Å². The second kappa shape index (κ2) is 7.84. The average molecular weight is 443 g/mol. The van der Waals surface area contributed by atoms with E-state index in [2.05, 4.69) is 15.4 Å². The number of aromatic nitrogens is 3. The van der Waals surface area contributed by atoms with Crippen LogP contribution < -0.4 is 10.5 Å². The molecule has 3 aromatic rings. The molecule has 3 rings (SSSR count). The lowest BCUT2D eigenvalue weighted by molar-refractivity contribution is -0.144. The molecule has 0 bridgehead atoms. The van der Waals surface area contributed by atoms with Crippen LogP contribution in [0.25, 0.3) is 5.69 Å². The number of benzene rings is 2. The highest BCUT2D eigenvalue weighted by molar-refractivity contribution is 7.89. The highest BCUT2D eigenvalue weighted by atomic mass is 32.2. The maximum absolute atomic E-state index is 13.2. The topological polar surface area (TPSA) is 120 Å². The van der Waals surface area contributed by atoms with Crippen LogP contribution in [0, 0.1) is 5.82 Å². The van der Waals surface area contributed by atoms with Crippen molar-refractivity contribution in [3.8, 4) is 5.69 Å². The summed E-state index contributed by atoms with van der Waals surface area (Å²) < 4.78 is 75.8. The van der Waals surface area contributed by atoms with Gasteiger partial charge in [-0.1, -0.05) is 12.1 Å². The van der Waals surface area contributed by atoms with Crippen molar-refractivity contribution in [3.05, 3.63) is 66.0 Å². The largest absolute Gasteiger partial charge is 0.453 e. The number of nitrogens with one attached hydrogen (secondary N) is 1. The highest BCUT2D eigenvalue weighted by Crippen LogP contribution is 2.28. The molecule has 1 heterocycles. The van der Waals surface area contributed by atoms with Gasteiger partial charge >= 0.3 is 6.18 Å². The van der Waals surface area contributed by atoms with E-state index in [1.54, 1.807) is 0 Å². The number of halogens is 4. The van der Waals surface area contributed by atoms with E-state index in [-0.39, 0.29) is 17.8 Å². The van der Waals surface area contributed by atoms with E-state index in [1.807, 2.05) is 0 Å². The van der Waals surface area contributed by atoms with Crippen molar-refractivity contribution in [3.63, 3.8) is 0 Å². The zero-order valence-corrected chi connectivity index (χ0v) is 15.7. The Kier molecular flexibility index (Phi) is 5.59. The molecule has 2 aromatic carbocycles. The number of nitrogens with zero attached hydrogens (tertiary/aromatic N) is 3. The van der Waals surface area contributed by atoms with Crippen LogP contribution in [0.5, 0.6) is 0 Å². The number of hydrogen-bond acceptors (Lipinski definition) is 5. The molecule has 0 aliphatic heterocycles. The van der Waals surface area contributed by atoms with Gasteiger partial charge < -0.3 is 5.32 Å². The minimum Gasteiger partial charge on any atom is -0.326 e. The molecule has 0 aliphatic rings. The SMILES string of the molecule is NS(=O)(=O)c1cc(NC(=O)Cc2cccc(F)c2)ccc1-n1cnc(C(F)(F)F)n1. The smallest absolute Gasteiger partial charge is 0.326 e. The number of hydrogen-bond donors (Lipinski definition) is 2. The third-order valence-electron chi connectivity index (χ3n) is 3.80. The number of rotatable bonds is 5. The Morgan fingerprint density at radius 2 is 1.90 bits per heavy atom. The number of anilines is 1. The van der Waals surface area contributed by atoms with Crippen molar-refractivity contribution >= 4 is 21.6 Å². The predicted octanol–water partition coefficient (Wildman–Crippen LogP) is 2.25. The van der Waals surface area contributed by atoms with Crippen LogP contribution in [0.15, 0.2) is 53.7 Å². The van der Waals surface area contributed by atoms with Gasteiger partial charge in [0.25, 0.3) is 5.82 Å². The molecule has 0 fully saturated rings. The fourth-order valence-corrected chi connectivity index (χ4v) is 3.30. The van der Waals surface area contributed by atoms with Crippen LogP contribution >= 0.6 is 0 Å². The summed E-state index contributed by atoms with van der Waals surface area (Å²) in [5.41, 5.74) is 0.113. The molecule has 0 unspecified atom stereocenters. The summed E-state index contributed by atoms with van der Waals surface area (Å²) in [6.45, 7) is 0. The van der Waals surface area contributed by atoms with Gasteiger partial charge in [-0.2, -0.15) is 13.2 Å². The molecule has 0 aliphatic carbocycles. The van der Waals surface area contributed by atoms with Gasteiger partial charge in [-0.15, -0.1) is 5.10 Å². The number of carbonyl (C=O) groups excluding carboxylic acids is 1. The molecule has 158 valence electrons. The van der Waals surface area contributed by atoms with Crippen LogP contribution in [0.4, 0.5) is 23.2 Å². The summed E-state index contributed by atoms with van der Waals surface area (Å²) in [5.74, 6) is -2.56. The number of primary sulfonamides is 1. The van der Waals surface area contributed by atoms with Crippen molar-refractivity contribution in [2.45, 2.75) is 17.5 Å². The predicted molar refractivity (Wildman–Crippen MR) is 96.5 cm³/mol. The third kappa shape index (κ3) is 4.99. The Hall–Kier alpha value is -3.32. The van der Waals surface area contributed by atoms with Crippen LogP contribution in [0.1, 0.15) is 11.4 Å². The monoisotopic (exact) mass is 443 g/mol. The van der Waals surface area contributed by atoms with E-state index in [4.69, 9.17) is 5.14 Å². The van der Waals surface area contributed by atoms with Crippen LogP contribution in [0.3, 0.4) is 0 Å². The molecule has 0 atom stereocenters. The minimum absolute atomic E-state index is 0.0142. The van der Waals surface area contributed by atoms with Crippen LogP contribution in [0.2, 0.25) is 0 Å². The van der Waals surface area contributed by atoms with Crippen LogP contribution in [-0.2, 0) is 27.4 Å². The zero-order chi connectivity index (χ0) is 22.1. The standard InChI is InChI=1S/C17H13F4N5O3S/c18-11-3-1-2-10(6-11)7-15(27)24-12-4-5-13(14(8-12)30(22,28)29)26-9-23-16(25-26)17(19,20)21/h1-6,8-9H,7H2,(H,24,27)(H2,22,28,29). The Balaban J connectivity index is 1.90. The number of alkyl halides is 3. The molecule has 13 heteroatoms. The molecule has 0 saturated carbocycles. The van der Waals surface area contributed by atoms with Crippen molar-refractivity contribution < 1.29 is 30.8 Å². The summed E-state index contributed by atoms with van der Waals surface area (Å²) in [4.78, 5) is 14.7. The van der Waals surface area contributed by atoms with E-state index >= 15 is 0 Å². The van der Waals surface area contributed by atoms with E-state index in [0.29, 0.717) is 16.6 Å². The number of carbonyl (C=O) groups is 1. The summed E-state index contributed by atoms with van der Waals surface area (Å²) >= 11 is 0. The summed E-state index contributed by atoms with van der Waals surface area (Å²) in [6, 6.07) is 8.69. The first kappa shape index (κ1) is 21.4. The molecule has 0 saturated heterocycles. The van der Waals surface area contributed by atoms with E-state index in [1.165, 1.54) is 30.3 Å². The number of amides is 1. The van der Waals surface area contributed by atoms with Gasteiger partial charge in [0.2, 0.25) is 15.9 Å². The molecule has 8 nitrogen and oxygen atoms in total. The lowest BCUT2D eigenvalue weighted by atomic mass is 10.1. The first-order valence-corrected chi connectivity index (χ1v) is 9.68. The third-order valence-corrected chi connectivity index (χ3v) is 4.74. The quantitative estimate of drug-likeness (QED) is 0.586. The Bertz CT molecular complexity index is 1210. The van der Waals surface area contributed by atoms with E-state index in [9.17, 15) is 30.8 Å². The minimum atomic E-state index is -4.82. The van der Waals surface area contributed by atoms with Crippen molar-refractivity contribution in [1.82, 2.24) is 14.8 Å². The van der Waals surface area contributed by atoms with Gasteiger partial charge in [0.05, 0.1) is 12.1 Å². The molecule has 3 N–H and O–H groups in total. The Labute approximate surface area is 167 Å². The van der Waals surface area contributed by atoms with Gasteiger partial charge in [0.1, 0.15) is 17.0 Å². The molecular formula is C17H13F4N5O3S. The lowest BCUT2D eigenvalue weighted by Crippen LogP contribution is -2.18. The van der Waals surface area contributed by atoms with Gasteiger partial charge in [-0.05, 0) is 35.9 Å². The molecule has 1 aromatic heterocycles. The second-order valence-electron chi connectivity index (χ2n) is 6.09. The lowest BCUT2D eigenvalue weighted by Gasteiger charge is -2.11. The zero-order valence-electron chi connectivity index (χ0n) is 14.9. The Morgan fingerprint density at radius 1 is 1.17 bits per heavy atom. The fourth-order valence-electron chi connectivity index (χ4n) is 2.56. The fraction of sp³-hybridized carbons (Fsp3) is 0.118. The molecule has 0 spiro atoms. The molecule has 0 radical (unpaired) electrons. The summed E-state index contributed by atoms with van der Waals surface area (Å²) in [7, 11) is -4.40. The molecular weight excluding hydrogens is 430 g/mol. The van der Waals surface area contributed by atoms with Gasteiger partial charge in [-0.3, -0.25) is 4.79 Å². The maximum Gasteiger partial charge on any atom is 0.453 e. The first-order chi connectivity index (χ1) is 13.9. The van der Waals surface area contributed by atoms with Gasteiger partial charge in [-0.25, -0.2) is 27.6 Å². The molecule has 1 amide bonds. The summed E-state index contributed by atoms with van der Waals surface area (Å²) in [6.07, 6.45) is -4.32. The molecule has 30 heavy (non-hydrogen) atoms. The number of nitrogens with two attached hydrogens (primary N) is 1.